The van der Waals surface area contributed by atoms with Crippen LogP contribution < -0.4 is 11.1 Å². The molecule has 0 unspecified atom stereocenters. The number of alkyl halides is 3. The minimum absolute atomic E-state index is 0.0566. The summed E-state index contributed by atoms with van der Waals surface area (Å²) in [6, 6.07) is 4.59. The first-order valence-corrected chi connectivity index (χ1v) is 6.61. The standard InChI is InChI=1S/C10H10BrF3N2OS/c11-7-2-1-6(5-8(7)15)9(17)16-3-4-18-10(12,13)14/h1-2,5H,3-4,15H2,(H,16,17). The molecule has 8 heteroatoms. The van der Waals surface area contributed by atoms with E-state index in [1.54, 1.807) is 6.07 Å². The molecule has 1 rings (SSSR count). The van der Waals surface area contributed by atoms with Crippen molar-refractivity contribution in [2.75, 3.05) is 18.0 Å². The molecule has 0 atom stereocenters. The highest BCUT2D eigenvalue weighted by atomic mass is 79.9. The molecule has 0 spiro atoms. The van der Waals surface area contributed by atoms with Crippen molar-refractivity contribution >= 4 is 39.3 Å². The summed E-state index contributed by atoms with van der Waals surface area (Å²) in [6.45, 7) is -0.0566. The molecule has 1 aromatic carbocycles. The Morgan fingerprint density at radius 2 is 2.11 bits per heavy atom. The van der Waals surface area contributed by atoms with E-state index in [0.29, 0.717) is 15.7 Å². The number of nitrogens with one attached hydrogen (secondary N) is 1. The molecule has 3 nitrogen and oxygen atoms in total. The normalized spacial score (nSPS) is 11.3. The number of anilines is 1. The molecule has 1 aromatic rings. The third kappa shape index (κ3) is 5.18. The van der Waals surface area contributed by atoms with Gasteiger partial charge in [-0.05, 0) is 45.9 Å². The summed E-state index contributed by atoms with van der Waals surface area (Å²) in [6.07, 6.45) is 0. The molecule has 0 bridgehead atoms. The second kappa shape index (κ2) is 6.33. The SMILES string of the molecule is Nc1cc(C(=O)NCCSC(F)(F)F)ccc1Br. The molecule has 0 saturated carbocycles. The van der Waals surface area contributed by atoms with Crippen molar-refractivity contribution in [1.29, 1.82) is 0 Å². The highest BCUT2D eigenvalue weighted by Gasteiger charge is 2.27. The summed E-state index contributed by atoms with van der Waals surface area (Å²) < 4.78 is 36.1. The molecule has 0 aromatic heterocycles. The molecule has 0 aliphatic heterocycles. The number of thioether (sulfide) groups is 1. The van der Waals surface area contributed by atoms with Gasteiger partial charge >= 0.3 is 5.51 Å². The van der Waals surface area contributed by atoms with E-state index in [4.69, 9.17) is 5.73 Å². The van der Waals surface area contributed by atoms with Gasteiger partial charge in [-0.15, -0.1) is 0 Å². The summed E-state index contributed by atoms with van der Waals surface area (Å²) in [5, 5.41) is 2.39. The number of amides is 1. The van der Waals surface area contributed by atoms with Crippen molar-refractivity contribution in [3.8, 4) is 0 Å². The van der Waals surface area contributed by atoms with Crippen LogP contribution in [0.3, 0.4) is 0 Å². The number of carbonyl (C=O) groups is 1. The number of hydrogen-bond donors (Lipinski definition) is 2. The first-order chi connectivity index (χ1) is 8.29. The van der Waals surface area contributed by atoms with Gasteiger partial charge in [0.2, 0.25) is 0 Å². The van der Waals surface area contributed by atoms with Crippen LogP contribution in [-0.2, 0) is 0 Å². The highest BCUT2D eigenvalue weighted by molar-refractivity contribution is 9.10. The van der Waals surface area contributed by atoms with E-state index in [2.05, 4.69) is 21.2 Å². The van der Waals surface area contributed by atoms with E-state index in [0.717, 1.165) is 0 Å². The number of rotatable bonds is 4. The van der Waals surface area contributed by atoms with Crippen molar-refractivity contribution in [2.45, 2.75) is 5.51 Å². The first-order valence-electron chi connectivity index (χ1n) is 4.83. The molecular formula is C10H10BrF3N2OS. The predicted molar refractivity (Wildman–Crippen MR) is 69.4 cm³/mol. The predicted octanol–water partition coefficient (Wildman–Crippen LogP) is 3.01. The van der Waals surface area contributed by atoms with Crippen LogP contribution in [0.25, 0.3) is 0 Å². The third-order valence-electron chi connectivity index (χ3n) is 1.91. The molecule has 1 amide bonds. The highest BCUT2D eigenvalue weighted by Crippen LogP contribution is 2.29. The average Bonchev–Trinajstić information content (AvgIpc) is 2.26. The van der Waals surface area contributed by atoms with Crippen LogP contribution in [0.5, 0.6) is 0 Å². The summed E-state index contributed by atoms with van der Waals surface area (Å²) in [5.74, 6) is -0.668. The third-order valence-corrected chi connectivity index (χ3v) is 3.37. The second-order valence-electron chi connectivity index (χ2n) is 3.29. The lowest BCUT2D eigenvalue weighted by molar-refractivity contribution is -0.0327. The number of hydrogen-bond acceptors (Lipinski definition) is 3. The zero-order valence-corrected chi connectivity index (χ0v) is 11.5. The maximum Gasteiger partial charge on any atom is 0.441 e. The fourth-order valence-corrected chi connectivity index (χ4v) is 1.80. The Morgan fingerprint density at radius 1 is 1.44 bits per heavy atom. The van der Waals surface area contributed by atoms with Crippen LogP contribution in [0, 0.1) is 0 Å². The quantitative estimate of drug-likeness (QED) is 0.653. The zero-order valence-electron chi connectivity index (χ0n) is 9.05. The topological polar surface area (TPSA) is 55.1 Å². The van der Waals surface area contributed by atoms with Gasteiger partial charge in [0.05, 0.1) is 0 Å². The molecule has 0 radical (unpaired) electrons. The molecule has 0 fully saturated rings. The van der Waals surface area contributed by atoms with E-state index in [9.17, 15) is 18.0 Å². The van der Waals surface area contributed by atoms with E-state index >= 15 is 0 Å². The van der Waals surface area contributed by atoms with E-state index in [-0.39, 0.29) is 24.1 Å². The van der Waals surface area contributed by atoms with Gasteiger partial charge in [-0.3, -0.25) is 4.79 Å². The maximum absolute atomic E-state index is 11.8. The van der Waals surface area contributed by atoms with Crippen LogP contribution in [0.1, 0.15) is 10.4 Å². The lowest BCUT2D eigenvalue weighted by Gasteiger charge is -2.08. The molecule has 0 aliphatic rings. The molecule has 0 saturated heterocycles. The minimum atomic E-state index is -4.27. The van der Waals surface area contributed by atoms with Gasteiger partial charge in [-0.2, -0.15) is 13.2 Å². The van der Waals surface area contributed by atoms with Crippen molar-refractivity contribution in [3.05, 3.63) is 28.2 Å². The largest absolute Gasteiger partial charge is 0.441 e. The van der Waals surface area contributed by atoms with E-state index in [1.165, 1.54) is 12.1 Å². The lowest BCUT2D eigenvalue weighted by Crippen LogP contribution is -2.26. The van der Waals surface area contributed by atoms with Crippen LogP contribution in [-0.4, -0.2) is 23.7 Å². The number of benzene rings is 1. The molecule has 0 aliphatic carbocycles. The summed E-state index contributed by atoms with van der Waals surface area (Å²) in [4.78, 5) is 11.6. The van der Waals surface area contributed by atoms with Gasteiger partial charge in [0.25, 0.3) is 5.91 Å². The Balaban J connectivity index is 2.43. The number of nitrogen functional groups attached to an aromatic ring is 1. The van der Waals surface area contributed by atoms with Crippen molar-refractivity contribution < 1.29 is 18.0 Å². The number of carbonyl (C=O) groups excluding carboxylic acids is 1. The summed E-state index contributed by atoms with van der Waals surface area (Å²) in [7, 11) is 0. The van der Waals surface area contributed by atoms with E-state index in [1.807, 2.05) is 0 Å². The fourth-order valence-electron chi connectivity index (χ4n) is 1.12. The summed E-state index contributed by atoms with van der Waals surface area (Å²) in [5.41, 5.74) is 2.03. The van der Waals surface area contributed by atoms with Gasteiger partial charge in [-0.25, -0.2) is 0 Å². The molecule has 100 valence electrons. The van der Waals surface area contributed by atoms with E-state index < -0.39 is 11.4 Å². The average molecular weight is 343 g/mol. The number of nitrogens with two attached hydrogens (primary N) is 1. The Kier molecular flexibility index (Phi) is 5.33. The second-order valence-corrected chi connectivity index (χ2v) is 5.30. The van der Waals surface area contributed by atoms with Gasteiger partial charge < -0.3 is 11.1 Å². The Morgan fingerprint density at radius 3 is 2.67 bits per heavy atom. The Bertz CT molecular complexity index is 440. The van der Waals surface area contributed by atoms with Crippen LogP contribution in [0.15, 0.2) is 22.7 Å². The van der Waals surface area contributed by atoms with Crippen molar-refractivity contribution in [2.24, 2.45) is 0 Å². The molecule has 18 heavy (non-hydrogen) atoms. The van der Waals surface area contributed by atoms with Crippen LogP contribution in [0.4, 0.5) is 18.9 Å². The Labute approximate surface area is 114 Å². The smallest absolute Gasteiger partial charge is 0.398 e. The first kappa shape index (κ1) is 15.2. The van der Waals surface area contributed by atoms with Crippen molar-refractivity contribution in [1.82, 2.24) is 5.32 Å². The molecular weight excluding hydrogens is 333 g/mol. The van der Waals surface area contributed by atoms with Gasteiger partial charge in [0, 0.05) is 28.0 Å². The zero-order chi connectivity index (χ0) is 13.8. The fraction of sp³-hybridized carbons (Fsp3) is 0.300. The molecule has 0 heterocycles. The van der Waals surface area contributed by atoms with Gasteiger partial charge in [0.1, 0.15) is 0 Å². The Hall–Kier alpha value is -0.890. The van der Waals surface area contributed by atoms with Crippen LogP contribution >= 0.6 is 27.7 Å². The van der Waals surface area contributed by atoms with Crippen molar-refractivity contribution in [3.63, 3.8) is 0 Å². The number of halogens is 4. The van der Waals surface area contributed by atoms with Gasteiger partial charge in [-0.1, -0.05) is 0 Å². The lowest BCUT2D eigenvalue weighted by atomic mass is 10.2. The van der Waals surface area contributed by atoms with Crippen LogP contribution in [0.2, 0.25) is 0 Å². The van der Waals surface area contributed by atoms with Gasteiger partial charge in [0.15, 0.2) is 0 Å². The monoisotopic (exact) mass is 342 g/mol. The maximum atomic E-state index is 11.8. The summed E-state index contributed by atoms with van der Waals surface area (Å²) >= 11 is 3.01. The minimum Gasteiger partial charge on any atom is -0.398 e. The molecule has 3 N–H and O–H groups in total.